The van der Waals surface area contributed by atoms with Crippen molar-refractivity contribution < 1.29 is 0 Å². The molecule has 0 atom stereocenters. The maximum Gasteiger partial charge on any atom is 0.190 e. The van der Waals surface area contributed by atoms with Gasteiger partial charge in [-0.3, -0.25) is 0 Å². The van der Waals surface area contributed by atoms with Crippen molar-refractivity contribution in [3.05, 3.63) is 6.07 Å². The van der Waals surface area contributed by atoms with E-state index in [-0.39, 0.29) is 0 Å². The summed E-state index contributed by atoms with van der Waals surface area (Å²) in [6, 6.07) is 2.00. The molecule has 0 saturated heterocycles. The van der Waals surface area contributed by atoms with Crippen molar-refractivity contribution in [3.63, 3.8) is 0 Å². The van der Waals surface area contributed by atoms with Gasteiger partial charge < -0.3 is 5.32 Å². The third kappa shape index (κ3) is 3.38. The van der Waals surface area contributed by atoms with Crippen LogP contribution >= 0.6 is 23.5 Å². The van der Waals surface area contributed by atoms with Crippen molar-refractivity contribution in [1.82, 2.24) is 9.97 Å². The predicted molar refractivity (Wildman–Crippen MR) is 64.4 cm³/mol. The van der Waals surface area contributed by atoms with Crippen LogP contribution in [0.3, 0.4) is 0 Å². The average molecular weight is 229 g/mol. The highest BCUT2D eigenvalue weighted by atomic mass is 32.2. The second-order valence-corrected chi connectivity index (χ2v) is 4.60. The van der Waals surface area contributed by atoms with Gasteiger partial charge in [0.1, 0.15) is 10.8 Å². The van der Waals surface area contributed by atoms with Crippen molar-refractivity contribution in [2.24, 2.45) is 0 Å². The van der Waals surface area contributed by atoms with E-state index in [0.717, 1.165) is 28.3 Å². The second-order valence-electron chi connectivity index (χ2n) is 2.54. The number of nitrogens with zero attached hydrogens (tertiary/aromatic N) is 2. The van der Waals surface area contributed by atoms with Crippen molar-refractivity contribution in [2.45, 2.75) is 24.0 Å². The van der Waals surface area contributed by atoms with E-state index in [9.17, 15) is 0 Å². The first kappa shape index (κ1) is 11.7. The SMILES string of the molecule is CCNc1cc(SCC)nc(SC)n1. The molecule has 0 saturated carbocycles. The zero-order valence-electron chi connectivity index (χ0n) is 8.70. The fourth-order valence-corrected chi connectivity index (χ4v) is 2.07. The van der Waals surface area contributed by atoms with E-state index in [1.165, 1.54) is 0 Å². The normalized spacial score (nSPS) is 10.2. The molecule has 1 N–H and O–H groups in total. The summed E-state index contributed by atoms with van der Waals surface area (Å²) in [5.74, 6) is 1.96. The van der Waals surface area contributed by atoms with Crippen LogP contribution in [0.4, 0.5) is 5.82 Å². The predicted octanol–water partition coefficient (Wildman–Crippen LogP) is 2.74. The number of rotatable bonds is 5. The highest BCUT2D eigenvalue weighted by Crippen LogP contribution is 2.21. The average Bonchev–Trinajstić information content (AvgIpc) is 2.18. The Morgan fingerprint density at radius 2 is 2.14 bits per heavy atom. The topological polar surface area (TPSA) is 37.8 Å². The molecule has 1 aromatic heterocycles. The molecule has 1 aromatic rings. The van der Waals surface area contributed by atoms with E-state index >= 15 is 0 Å². The summed E-state index contributed by atoms with van der Waals surface area (Å²) in [6.45, 7) is 5.08. The summed E-state index contributed by atoms with van der Waals surface area (Å²) < 4.78 is 0. The van der Waals surface area contributed by atoms with E-state index in [1.807, 2.05) is 12.3 Å². The van der Waals surface area contributed by atoms with Crippen LogP contribution in [0.2, 0.25) is 0 Å². The molecule has 1 heterocycles. The number of thioether (sulfide) groups is 2. The van der Waals surface area contributed by atoms with E-state index < -0.39 is 0 Å². The minimum atomic E-state index is 0.833. The Morgan fingerprint density at radius 1 is 1.36 bits per heavy atom. The van der Waals surface area contributed by atoms with Gasteiger partial charge in [-0.05, 0) is 18.9 Å². The second kappa shape index (κ2) is 6.14. The fraction of sp³-hybridized carbons (Fsp3) is 0.556. The Bertz CT molecular complexity index is 267. The molecule has 3 nitrogen and oxygen atoms in total. The molecule has 0 amide bonds. The van der Waals surface area contributed by atoms with Crippen LogP contribution in [0.15, 0.2) is 16.2 Å². The lowest BCUT2D eigenvalue weighted by atomic mass is 10.5. The number of anilines is 1. The minimum Gasteiger partial charge on any atom is -0.370 e. The lowest BCUT2D eigenvalue weighted by Crippen LogP contribution is -2.01. The number of nitrogens with one attached hydrogen (secondary N) is 1. The molecule has 0 aliphatic heterocycles. The molecular formula is C9H15N3S2. The van der Waals surface area contributed by atoms with Crippen LogP contribution in [0.25, 0.3) is 0 Å². The van der Waals surface area contributed by atoms with Gasteiger partial charge in [-0.25, -0.2) is 9.97 Å². The van der Waals surface area contributed by atoms with Crippen LogP contribution in [0, 0.1) is 0 Å². The smallest absolute Gasteiger partial charge is 0.190 e. The number of hydrogen-bond acceptors (Lipinski definition) is 5. The molecule has 78 valence electrons. The lowest BCUT2D eigenvalue weighted by Gasteiger charge is -2.06. The largest absolute Gasteiger partial charge is 0.370 e. The van der Waals surface area contributed by atoms with E-state index in [2.05, 4.69) is 29.1 Å². The van der Waals surface area contributed by atoms with E-state index in [1.54, 1.807) is 23.5 Å². The number of hydrogen-bond donors (Lipinski definition) is 1. The monoisotopic (exact) mass is 229 g/mol. The van der Waals surface area contributed by atoms with Gasteiger partial charge in [-0.2, -0.15) is 0 Å². The Kier molecular flexibility index (Phi) is 5.11. The van der Waals surface area contributed by atoms with Gasteiger partial charge in [0.25, 0.3) is 0 Å². The Hall–Kier alpha value is -0.420. The van der Waals surface area contributed by atoms with Gasteiger partial charge >= 0.3 is 0 Å². The Labute approximate surface area is 93.5 Å². The van der Waals surface area contributed by atoms with Crippen molar-refractivity contribution in [2.75, 3.05) is 23.9 Å². The standard InChI is InChI=1S/C9H15N3S2/c1-4-10-7-6-8(14-5-2)12-9(11-7)13-3/h6H,4-5H2,1-3H3,(H,10,11,12). The molecule has 0 fully saturated rings. The summed E-state index contributed by atoms with van der Waals surface area (Å²) in [4.78, 5) is 8.75. The Balaban J connectivity index is 2.88. The van der Waals surface area contributed by atoms with E-state index in [0.29, 0.717) is 0 Å². The molecule has 14 heavy (non-hydrogen) atoms. The van der Waals surface area contributed by atoms with Crippen LogP contribution in [-0.2, 0) is 0 Å². The molecule has 0 aromatic carbocycles. The van der Waals surface area contributed by atoms with E-state index in [4.69, 9.17) is 0 Å². The third-order valence-electron chi connectivity index (χ3n) is 1.51. The van der Waals surface area contributed by atoms with Crippen LogP contribution in [0.5, 0.6) is 0 Å². The lowest BCUT2D eigenvalue weighted by molar-refractivity contribution is 0.891. The summed E-state index contributed by atoms with van der Waals surface area (Å²) in [7, 11) is 0. The first-order chi connectivity index (χ1) is 6.80. The number of aromatic nitrogens is 2. The maximum atomic E-state index is 4.40. The van der Waals surface area contributed by atoms with Gasteiger partial charge in [-0.15, -0.1) is 11.8 Å². The maximum absolute atomic E-state index is 4.40. The van der Waals surface area contributed by atoms with Crippen molar-refractivity contribution in [3.8, 4) is 0 Å². The van der Waals surface area contributed by atoms with Crippen LogP contribution < -0.4 is 5.32 Å². The molecule has 1 rings (SSSR count). The summed E-state index contributed by atoms with van der Waals surface area (Å²) in [5.41, 5.74) is 0. The van der Waals surface area contributed by atoms with Crippen LogP contribution in [0.1, 0.15) is 13.8 Å². The highest BCUT2D eigenvalue weighted by molar-refractivity contribution is 7.99. The van der Waals surface area contributed by atoms with Gasteiger partial charge in [0, 0.05) is 12.6 Å². The minimum absolute atomic E-state index is 0.833. The molecule has 0 radical (unpaired) electrons. The molecule has 0 aliphatic rings. The highest BCUT2D eigenvalue weighted by Gasteiger charge is 2.02. The summed E-state index contributed by atoms with van der Waals surface area (Å²) in [5, 5.41) is 5.08. The Morgan fingerprint density at radius 3 is 2.71 bits per heavy atom. The quantitative estimate of drug-likeness (QED) is 0.477. The summed E-state index contributed by atoms with van der Waals surface area (Å²) >= 11 is 3.31. The van der Waals surface area contributed by atoms with Gasteiger partial charge in [0.15, 0.2) is 5.16 Å². The molecule has 0 unspecified atom stereocenters. The first-order valence-electron chi connectivity index (χ1n) is 4.59. The molecule has 0 aliphatic carbocycles. The molecule has 0 bridgehead atoms. The molecule has 5 heteroatoms. The first-order valence-corrected chi connectivity index (χ1v) is 6.81. The zero-order valence-corrected chi connectivity index (χ0v) is 10.3. The van der Waals surface area contributed by atoms with Gasteiger partial charge in [0.05, 0.1) is 0 Å². The fourth-order valence-electron chi connectivity index (χ4n) is 0.989. The van der Waals surface area contributed by atoms with Gasteiger partial charge in [0.2, 0.25) is 0 Å². The van der Waals surface area contributed by atoms with Crippen LogP contribution in [-0.4, -0.2) is 28.5 Å². The molecule has 0 spiro atoms. The zero-order chi connectivity index (χ0) is 10.4. The van der Waals surface area contributed by atoms with Gasteiger partial charge in [-0.1, -0.05) is 18.7 Å². The summed E-state index contributed by atoms with van der Waals surface area (Å²) in [6.07, 6.45) is 1.99. The third-order valence-corrected chi connectivity index (χ3v) is 2.86. The van der Waals surface area contributed by atoms with Crippen molar-refractivity contribution in [1.29, 1.82) is 0 Å². The van der Waals surface area contributed by atoms with Crippen molar-refractivity contribution >= 4 is 29.3 Å². The molecular weight excluding hydrogens is 214 g/mol.